The SMILES string of the molecule is COc1ccc(O[P@](C)(=O)Nc2ccc(SC(F)(F)F)cc2)cc1. The van der Waals surface area contributed by atoms with Gasteiger partial charge in [0.05, 0.1) is 7.11 Å². The van der Waals surface area contributed by atoms with Crippen LogP contribution in [0.2, 0.25) is 0 Å². The van der Waals surface area contributed by atoms with E-state index in [1.165, 1.54) is 38.0 Å². The molecule has 0 radical (unpaired) electrons. The van der Waals surface area contributed by atoms with Crippen LogP contribution >= 0.6 is 19.3 Å². The van der Waals surface area contributed by atoms with Gasteiger partial charge in [0, 0.05) is 17.2 Å². The van der Waals surface area contributed by atoms with Crippen molar-refractivity contribution in [2.24, 2.45) is 0 Å². The minimum absolute atomic E-state index is 0.0510. The van der Waals surface area contributed by atoms with Crippen LogP contribution in [0.1, 0.15) is 0 Å². The van der Waals surface area contributed by atoms with Gasteiger partial charge in [-0.1, -0.05) is 0 Å². The van der Waals surface area contributed by atoms with E-state index in [1.54, 1.807) is 24.3 Å². The molecule has 130 valence electrons. The van der Waals surface area contributed by atoms with Gasteiger partial charge < -0.3 is 14.3 Å². The fourth-order valence-corrected chi connectivity index (χ4v) is 3.55. The first-order valence-corrected chi connectivity index (χ1v) is 9.61. The molecule has 4 nitrogen and oxygen atoms in total. The predicted octanol–water partition coefficient (Wildman–Crippen LogP) is 5.62. The zero-order valence-electron chi connectivity index (χ0n) is 12.8. The smallest absolute Gasteiger partial charge is 0.446 e. The van der Waals surface area contributed by atoms with Gasteiger partial charge in [0.25, 0.3) is 0 Å². The van der Waals surface area contributed by atoms with Crippen molar-refractivity contribution in [1.29, 1.82) is 0 Å². The van der Waals surface area contributed by atoms with Crippen molar-refractivity contribution in [2.75, 3.05) is 18.9 Å². The molecule has 0 heterocycles. The van der Waals surface area contributed by atoms with Crippen molar-refractivity contribution in [3.8, 4) is 11.5 Å². The van der Waals surface area contributed by atoms with Crippen molar-refractivity contribution in [1.82, 2.24) is 0 Å². The predicted molar refractivity (Wildman–Crippen MR) is 89.1 cm³/mol. The molecule has 2 aromatic rings. The molecule has 0 aliphatic heterocycles. The average Bonchev–Trinajstić information content (AvgIpc) is 2.48. The number of nitrogens with one attached hydrogen (secondary N) is 1. The molecule has 0 spiro atoms. The van der Waals surface area contributed by atoms with Gasteiger partial charge in [-0.2, -0.15) is 13.2 Å². The first kappa shape index (κ1) is 18.5. The van der Waals surface area contributed by atoms with Gasteiger partial charge in [-0.05, 0) is 60.3 Å². The molecule has 0 amide bonds. The maximum atomic E-state index is 12.5. The van der Waals surface area contributed by atoms with Gasteiger partial charge >= 0.3 is 13.0 Å². The van der Waals surface area contributed by atoms with Gasteiger partial charge in [-0.25, -0.2) is 0 Å². The molecular formula is C15H15F3NO3PS. The molecule has 0 unspecified atom stereocenters. The van der Waals surface area contributed by atoms with Crippen molar-refractivity contribution in [3.05, 3.63) is 48.5 Å². The van der Waals surface area contributed by atoms with Crippen LogP contribution in [0.3, 0.4) is 0 Å². The number of benzene rings is 2. The lowest BCUT2D eigenvalue weighted by molar-refractivity contribution is -0.0328. The number of hydrogen-bond donors (Lipinski definition) is 1. The summed E-state index contributed by atoms with van der Waals surface area (Å²) in [4.78, 5) is 0.0510. The van der Waals surface area contributed by atoms with Crippen molar-refractivity contribution in [2.45, 2.75) is 10.4 Å². The number of rotatable bonds is 6. The monoisotopic (exact) mass is 377 g/mol. The Balaban J connectivity index is 2.01. The number of anilines is 1. The van der Waals surface area contributed by atoms with Crippen LogP contribution in [0.15, 0.2) is 53.4 Å². The zero-order valence-corrected chi connectivity index (χ0v) is 14.5. The molecule has 9 heteroatoms. The summed E-state index contributed by atoms with van der Waals surface area (Å²) in [6, 6.07) is 12.0. The summed E-state index contributed by atoms with van der Waals surface area (Å²) in [7, 11) is -1.71. The quantitative estimate of drug-likeness (QED) is 0.523. The summed E-state index contributed by atoms with van der Waals surface area (Å²) in [6.07, 6.45) is 0. The van der Waals surface area contributed by atoms with Crippen molar-refractivity contribution < 1.29 is 27.0 Å². The summed E-state index contributed by atoms with van der Waals surface area (Å²) in [5.74, 6) is 1.03. The lowest BCUT2D eigenvalue weighted by Gasteiger charge is -2.18. The molecule has 0 aliphatic carbocycles. The topological polar surface area (TPSA) is 47.6 Å². The third kappa shape index (κ3) is 6.02. The Bertz CT molecular complexity index is 720. The molecule has 24 heavy (non-hydrogen) atoms. The summed E-state index contributed by atoms with van der Waals surface area (Å²) >= 11 is -0.206. The molecule has 0 aliphatic rings. The maximum absolute atomic E-state index is 12.5. The maximum Gasteiger partial charge on any atom is 0.446 e. The summed E-state index contributed by atoms with van der Waals surface area (Å²) in [5, 5.41) is 2.70. The van der Waals surface area contributed by atoms with Crippen LogP contribution in [-0.2, 0) is 4.57 Å². The van der Waals surface area contributed by atoms with E-state index in [-0.39, 0.29) is 16.7 Å². The van der Waals surface area contributed by atoms with Crippen molar-refractivity contribution >= 4 is 25.0 Å². The van der Waals surface area contributed by atoms with Gasteiger partial charge in [-0.15, -0.1) is 0 Å². The number of halogens is 3. The molecular weight excluding hydrogens is 362 g/mol. The summed E-state index contributed by atoms with van der Waals surface area (Å²) in [6.45, 7) is 1.38. The van der Waals surface area contributed by atoms with E-state index in [2.05, 4.69) is 5.09 Å². The van der Waals surface area contributed by atoms with E-state index in [1.807, 2.05) is 0 Å². The van der Waals surface area contributed by atoms with E-state index in [4.69, 9.17) is 9.26 Å². The molecule has 1 N–H and O–H groups in total. The summed E-state index contributed by atoms with van der Waals surface area (Å²) in [5.41, 5.74) is -3.94. The van der Waals surface area contributed by atoms with Crippen molar-refractivity contribution in [3.63, 3.8) is 0 Å². The number of ether oxygens (including phenoxy) is 1. The van der Waals surface area contributed by atoms with E-state index in [0.29, 0.717) is 17.2 Å². The minimum Gasteiger partial charge on any atom is -0.497 e. The van der Waals surface area contributed by atoms with Crippen LogP contribution in [0.5, 0.6) is 11.5 Å². The standard InChI is InChI=1S/C15H15F3NO3PS/c1-21-12-5-7-13(8-6-12)22-23(2,20)19-11-3-9-14(10-4-11)24-15(16,17)18/h3-10H,1-2H3,(H,19,20)/t23-/m0/s1. The van der Waals surface area contributed by atoms with Crippen LogP contribution in [0.4, 0.5) is 18.9 Å². The Kier molecular flexibility index (Phi) is 5.72. The lowest BCUT2D eigenvalue weighted by atomic mass is 10.3. The van der Waals surface area contributed by atoms with E-state index < -0.39 is 13.0 Å². The highest BCUT2D eigenvalue weighted by Crippen LogP contribution is 2.44. The number of methoxy groups -OCH3 is 1. The van der Waals surface area contributed by atoms with E-state index >= 15 is 0 Å². The Hall–Kier alpha value is -1.79. The second-order valence-corrected chi connectivity index (χ2v) is 8.03. The second kappa shape index (κ2) is 7.40. The van der Waals surface area contributed by atoms with E-state index in [0.717, 1.165) is 0 Å². The Morgan fingerprint density at radius 2 is 1.54 bits per heavy atom. The Morgan fingerprint density at radius 3 is 2.04 bits per heavy atom. The van der Waals surface area contributed by atoms with Gasteiger partial charge in [-0.3, -0.25) is 4.57 Å². The first-order chi connectivity index (χ1) is 11.2. The molecule has 2 rings (SSSR count). The highest BCUT2D eigenvalue weighted by Gasteiger charge is 2.29. The molecule has 1 atom stereocenters. The third-order valence-corrected chi connectivity index (χ3v) is 4.72. The molecule has 0 saturated carbocycles. The van der Waals surface area contributed by atoms with Crippen LogP contribution < -0.4 is 14.3 Å². The molecule has 2 aromatic carbocycles. The number of thioether (sulfide) groups is 1. The van der Waals surface area contributed by atoms with Gasteiger partial charge in [0.2, 0.25) is 0 Å². The molecule has 0 aromatic heterocycles. The van der Waals surface area contributed by atoms with Gasteiger partial charge in [0.1, 0.15) is 11.5 Å². The molecule has 0 saturated heterocycles. The largest absolute Gasteiger partial charge is 0.497 e. The second-order valence-electron chi connectivity index (χ2n) is 4.80. The fraction of sp³-hybridized carbons (Fsp3) is 0.200. The minimum atomic E-state index is -4.34. The highest BCUT2D eigenvalue weighted by molar-refractivity contribution is 8.00. The fourth-order valence-electron chi connectivity index (χ4n) is 1.83. The lowest BCUT2D eigenvalue weighted by Crippen LogP contribution is -2.02. The Morgan fingerprint density at radius 1 is 1.00 bits per heavy atom. The molecule has 0 fully saturated rings. The number of hydrogen-bond acceptors (Lipinski definition) is 4. The average molecular weight is 377 g/mol. The van der Waals surface area contributed by atoms with Crippen LogP contribution in [0, 0.1) is 0 Å². The summed E-state index contributed by atoms with van der Waals surface area (Å²) < 4.78 is 59.8. The molecule has 0 bridgehead atoms. The highest BCUT2D eigenvalue weighted by atomic mass is 32.2. The number of alkyl halides is 3. The van der Waals surface area contributed by atoms with Crippen LogP contribution in [-0.4, -0.2) is 19.3 Å². The normalized spacial score (nSPS) is 13.9. The Labute approximate surface area is 141 Å². The van der Waals surface area contributed by atoms with Crippen LogP contribution in [0.25, 0.3) is 0 Å². The first-order valence-electron chi connectivity index (χ1n) is 6.72. The third-order valence-electron chi connectivity index (χ3n) is 2.76. The zero-order chi connectivity index (χ0) is 17.8. The van der Waals surface area contributed by atoms with Gasteiger partial charge in [0.15, 0.2) is 0 Å². The van der Waals surface area contributed by atoms with E-state index in [9.17, 15) is 17.7 Å².